The molecule has 4 aromatic rings. The van der Waals surface area contributed by atoms with Gasteiger partial charge in [-0.3, -0.25) is 14.6 Å². The minimum atomic E-state index is -0.194. The molecule has 0 saturated heterocycles. The third kappa shape index (κ3) is 3.85. The van der Waals surface area contributed by atoms with Crippen LogP contribution >= 0.6 is 0 Å². The summed E-state index contributed by atoms with van der Waals surface area (Å²) in [4.78, 5) is 16.8. The molecule has 0 aliphatic heterocycles. The van der Waals surface area contributed by atoms with E-state index < -0.39 is 0 Å². The van der Waals surface area contributed by atoms with Crippen LogP contribution < -0.4 is 5.32 Å². The monoisotopic (exact) mass is 375 g/mol. The van der Waals surface area contributed by atoms with Crippen molar-refractivity contribution in [2.45, 2.75) is 19.0 Å². The van der Waals surface area contributed by atoms with Crippen LogP contribution in [0.3, 0.4) is 0 Å². The van der Waals surface area contributed by atoms with Crippen molar-refractivity contribution in [3.8, 4) is 11.4 Å². The molecule has 0 bridgehead atoms. The molecule has 0 saturated carbocycles. The second-order valence-corrected chi connectivity index (χ2v) is 6.56. The number of rotatable bonds is 7. The Labute approximate surface area is 162 Å². The van der Waals surface area contributed by atoms with E-state index in [0.717, 1.165) is 17.0 Å². The summed E-state index contributed by atoms with van der Waals surface area (Å²) in [7, 11) is 1.94. The third-order valence-electron chi connectivity index (χ3n) is 4.65. The Morgan fingerprint density at radius 2 is 2.07 bits per heavy atom. The maximum atomic E-state index is 12.8. The van der Waals surface area contributed by atoms with Crippen molar-refractivity contribution in [1.29, 1.82) is 0 Å². The zero-order valence-corrected chi connectivity index (χ0v) is 15.5. The molecule has 0 fully saturated rings. The number of H-pyrrole nitrogens is 1. The van der Waals surface area contributed by atoms with Crippen LogP contribution in [0.2, 0.25) is 0 Å². The van der Waals surface area contributed by atoms with E-state index in [-0.39, 0.29) is 11.9 Å². The minimum Gasteiger partial charge on any atom is -0.349 e. The molecular weight excluding hydrogens is 354 g/mol. The van der Waals surface area contributed by atoms with Crippen LogP contribution in [0.25, 0.3) is 11.4 Å². The summed E-state index contributed by atoms with van der Waals surface area (Å²) in [5, 5.41) is 14.4. The Hall–Kier alpha value is -3.68. The summed E-state index contributed by atoms with van der Waals surface area (Å²) >= 11 is 0. The van der Waals surface area contributed by atoms with Gasteiger partial charge in [0.2, 0.25) is 0 Å². The molecule has 1 aromatic carbocycles. The van der Waals surface area contributed by atoms with Gasteiger partial charge in [0.05, 0.1) is 11.7 Å². The van der Waals surface area contributed by atoms with Crippen LogP contribution in [0.4, 0.5) is 0 Å². The van der Waals surface area contributed by atoms with E-state index in [1.165, 1.54) is 6.33 Å². The molecule has 1 amide bonds. The van der Waals surface area contributed by atoms with Crippen molar-refractivity contribution in [2.75, 3.05) is 0 Å². The molecule has 0 aliphatic carbocycles. The second kappa shape index (κ2) is 7.91. The normalized spacial score (nSPS) is 12.0. The number of amides is 1. The lowest BCUT2D eigenvalue weighted by Gasteiger charge is -2.18. The van der Waals surface area contributed by atoms with E-state index in [1.54, 1.807) is 17.1 Å². The minimum absolute atomic E-state index is 0.153. The highest BCUT2D eigenvalue weighted by Gasteiger charge is 2.18. The molecule has 4 rings (SSSR count). The number of benzene rings is 1. The number of aromatic nitrogens is 6. The largest absolute Gasteiger partial charge is 0.349 e. The van der Waals surface area contributed by atoms with E-state index in [9.17, 15) is 4.79 Å². The number of aryl methyl sites for hydroxylation is 2. The van der Waals surface area contributed by atoms with Gasteiger partial charge in [-0.1, -0.05) is 30.3 Å². The first-order chi connectivity index (χ1) is 13.7. The number of carbonyl (C=O) groups is 1. The summed E-state index contributed by atoms with van der Waals surface area (Å²) in [5.74, 6) is -0.194. The van der Waals surface area contributed by atoms with Crippen molar-refractivity contribution in [1.82, 2.24) is 34.8 Å². The zero-order valence-electron chi connectivity index (χ0n) is 15.5. The van der Waals surface area contributed by atoms with Crippen LogP contribution in [0.1, 0.15) is 28.5 Å². The summed E-state index contributed by atoms with van der Waals surface area (Å²) in [6, 6.07) is 15.4. The molecule has 8 nitrogen and oxygen atoms in total. The maximum Gasteiger partial charge on any atom is 0.269 e. The topological polar surface area (TPSA) is 93.4 Å². The van der Waals surface area contributed by atoms with Crippen molar-refractivity contribution in [3.05, 3.63) is 78.6 Å². The molecule has 1 atom stereocenters. The number of nitrogens with one attached hydrogen (secondary N) is 2. The van der Waals surface area contributed by atoms with Gasteiger partial charge in [0.25, 0.3) is 5.91 Å². The third-order valence-corrected chi connectivity index (χ3v) is 4.65. The van der Waals surface area contributed by atoms with Crippen LogP contribution in [-0.2, 0) is 13.6 Å². The summed E-state index contributed by atoms with van der Waals surface area (Å²) in [5.41, 5.74) is 3.15. The van der Waals surface area contributed by atoms with Gasteiger partial charge in [-0.05, 0) is 30.2 Å². The average molecular weight is 375 g/mol. The Balaban J connectivity index is 1.50. The summed E-state index contributed by atoms with van der Waals surface area (Å²) in [6.07, 6.45) is 5.81. The fourth-order valence-corrected chi connectivity index (χ4v) is 3.15. The first-order valence-corrected chi connectivity index (χ1v) is 9.06. The maximum absolute atomic E-state index is 12.8. The molecule has 3 aromatic heterocycles. The SMILES string of the molecule is Cn1cccc1-c1cc(C(=O)NC(CCn2cncn2)c2ccccc2)[nH]n1. The van der Waals surface area contributed by atoms with Gasteiger partial charge in [-0.2, -0.15) is 10.2 Å². The zero-order chi connectivity index (χ0) is 19.3. The van der Waals surface area contributed by atoms with Gasteiger partial charge in [0, 0.05) is 19.8 Å². The highest BCUT2D eigenvalue weighted by Crippen LogP contribution is 2.20. The number of hydrogen-bond donors (Lipinski definition) is 2. The van der Waals surface area contributed by atoms with E-state index >= 15 is 0 Å². The number of nitrogens with zero attached hydrogens (tertiary/aromatic N) is 5. The lowest BCUT2D eigenvalue weighted by Crippen LogP contribution is -2.29. The first kappa shape index (κ1) is 17.7. The number of carbonyl (C=O) groups excluding carboxylic acids is 1. The van der Waals surface area contributed by atoms with Gasteiger partial charge in [-0.15, -0.1) is 0 Å². The van der Waals surface area contributed by atoms with Crippen LogP contribution in [0.15, 0.2) is 67.4 Å². The quantitative estimate of drug-likeness (QED) is 0.519. The van der Waals surface area contributed by atoms with E-state index in [4.69, 9.17) is 0 Å². The number of hydrogen-bond acceptors (Lipinski definition) is 4. The smallest absolute Gasteiger partial charge is 0.269 e. The molecule has 8 heteroatoms. The predicted molar refractivity (Wildman–Crippen MR) is 104 cm³/mol. The summed E-state index contributed by atoms with van der Waals surface area (Å²) < 4.78 is 3.72. The van der Waals surface area contributed by atoms with Gasteiger partial charge < -0.3 is 9.88 Å². The Morgan fingerprint density at radius 1 is 1.21 bits per heavy atom. The van der Waals surface area contributed by atoms with Crippen molar-refractivity contribution in [3.63, 3.8) is 0 Å². The molecule has 2 N–H and O–H groups in total. The molecule has 0 spiro atoms. The second-order valence-electron chi connectivity index (χ2n) is 6.56. The fourth-order valence-electron chi connectivity index (χ4n) is 3.15. The first-order valence-electron chi connectivity index (χ1n) is 9.06. The number of aromatic amines is 1. The molecule has 28 heavy (non-hydrogen) atoms. The highest BCUT2D eigenvalue weighted by atomic mass is 16.2. The van der Waals surface area contributed by atoms with Gasteiger partial charge in [0.1, 0.15) is 24.0 Å². The van der Waals surface area contributed by atoms with Gasteiger partial charge >= 0.3 is 0 Å². The lowest BCUT2D eigenvalue weighted by molar-refractivity contribution is 0.0928. The predicted octanol–water partition coefficient (Wildman–Crippen LogP) is 2.57. The van der Waals surface area contributed by atoms with E-state index in [1.807, 2.05) is 60.3 Å². The molecule has 3 heterocycles. The van der Waals surface area contributed by atoms with Gasteiger partial charge in [-0.25, -0.2) is 4.98 Å². The standard InChI is InChI=1S/C20H21N7O/c1-26-10-5-8-19(26)17-12-18(25-24-17)20(28)23-16(15-6-3-2-4-7-15)9-11-27-14-21-13-22-27/h2-8,10,12-14,16H,9,11H2,1H3,(H,23,28)(H,24,25). The fraction of sp³-hybridized carbons (Fsp3) is 0.200. The van der Waals surface area contributed by atoms with Crippen LogP contribution in [0.5, 0.6) is 0 Å². The van der Waals surface area contributed by atoms with Gasteiger partial charge in [0.15, 0.2) is 0 Å². The van der Waals surface area contributed by atoms with E-state index in [2.05, 4.69) is 25.6 Å². The van der Waals surface area contributed by atoms with Crippen molar-refractivity contribution >= 4 is 5.91 Å². The molecule has 0 radical (unpaired) electrons. The summed E-state index contributed by atoms with van der Waals surface area (Å²) in [6.45, 7) is 0.650. The molecule has 0 aliphatic rings. The molecule has 142 valence electrons. The highest BCUT2D eigenvalue weighted by molar-refractivity contribution is 5.93. The molecule has 1 unspecified atom stereocenters. The average Bonchev–Trinajstić information content (AvgIpc) is 3.47. The molecular formula is C20H21N7O. The van der Waals surface area contributed by atoms with Crippen LogP contribution in [-0.4, -0.2) is 35.4 Å². The Morgan fingerprint density at radius 3 is 2.79 bits per heavy atom. The van der Waals surface area contributed by atoms with E-state index in [0.29, 0.717) is 18.7 Å². The Kier molecular flexibility index (Phi) is 5.01. The lowest BCUT2D eigenvalue weighted by atomic mass is 10.0. The van der Waals surface area contributed by atoms with Crippen molar-refractivity contribution in [2.24, 2.45) is 7.05 Å². The van der Waals surface area contributed by atoms with Crippen molar-refractivity contribution < 1.29 is 4.79 Å². The Bertz CT molecular complexity index is 1030. The van der Waals surface area contributed by atoms with Crippen LogP contribution in [0, 0.1) is 0 Å².